The highest BCUT2D eigenvalue weighted by atomic mass is 35.5. The summed E-state index contributed by atoms with van der Waals surface area (Å²) in [5.74, 6) is 1.07. The van der Waals surface area contributed by atoms with Crippen molar-refractivity contribution < 1.29 is 9.50 Å². The Morgan fingerprint density at radius 3 is 2.37 bits per heavy atom. The maximum Gasteiger partial charge on any atom is 0.233 e. The number of aliphatic hydroxyl groups is 1. The van der Waals surface area contributed by atoms with Gasteiger partial charge in [0.2, 0.25) is 17.8 Å². The van der Waals surface area contributed by atoms with Crippen LogP contribution < -0.4 is 20.4 Å². The number of anilines is 5. The maximum atomic E-state index is 13.7. The Hall–Kier alpha value is -3.17. The predicted octanol–water partition coefficient (Wildman–Crippen LogP) is 4.70. The molecule has 1 saturated heterocycles. The summed E-state index contributed by atoms with van der Waals surface area (Å²) < 4.78 is 13.7. The summed E-state index contributed by atoms with van der Waals surface area (Å²) in [6.07, 6.45) is 3.77. The van der Waals surface area contributed by atoms with E-state index in [0.29, 0.717) is 30.1 Å². The van der Waals surface area contributed by atoms with Crippen LogP contribution in [0.4, 0.5) is 33.6 Å². The summed E-state index contributed by atoms with van der Waals surface area (Å²) in [6.45, 7) is 3.98. The molecule has 186 valence electrons. The van der Waals surface area contributed by atoms with Crippen LogP contribution in [0.15, 0.2) is 48.5 Å². The zero-order valence-electron chi connectivity index (χ0n) is 19.6. The summed E-state index contributed by atoms with van der Waals surface area (Å²) in [7, 11) is 0. The molecule has 3 aromatic rings. The van der Waals surface area contributed by atoms with Crippen molar-refractivity contribution in [2.45, 2.75) is 25.7 Å². The molecular weight excluding hydrogens is 469 g/mol. The summed E-state index contributed by atoms with van der Waals surface area (Å²) in [5, 5.41) is 16.1. The van der Waals surface area contributed by atoms with Crippen LogP contribution in [0.3, 0.4) is 0 Å². The summed E-state index contributed by atoms with van der Waals surface area (Å²) in [6, 6.07) is 14.1. The molecule has 2 aromatic carbocycles. The summed E-state index contributed by atoms with van der Waals surface area (Å²) >= 11 is 6.39. The molecule has 0 saturated carbocycles. The Kier molecular flexibility index (Phi) is 8.91. The highest BCUT2D eigenvalue weighted by Gasteiger charge is 2.22. The van der Waals surface area contributed by atoms with E-state index in [4.69, 9.17) is 16.7 Å². The van der Waals surface area contributed by atoms with Gasteiger partial charge in [-0.15, -0.1) is 0 Å². The molecule has 3 N–H and O–H groups in total. The van der Waals surface area contributed by atoms with Gasteiger partial charge < -0.3 is 25.5 Å². The van der Waals surface area contributed by atoms with Crippen molar-refractivity contribution in [2.75, 3.05) is 59.8 Å². The first-order valence-corrected chi connectivity index (χ1v) is 12.4. The highest BCUT2D eigenvalue weighted by molar-refractivity contribution is 6.33. The molecule has 10 heteroatoms. The number of para-hydroxylation sites is 1. The fraction of sp³-hybridized carbons (Fsp3) is 0.400. The van der Waals surface area contributed by atoms with E-state index < -0.39 is 0 Å². The third-order valence-corrected chi connectivity index (χ3v) is 6.15. The second kappa shape index (κ2) is 12.5. The molecule has 0 amide bonds. The quantitative estimate of drug-likeness (QED) is 0.327. The van der Waals surface area contributed by atoms with Gasteiger partial charge >= 0.3 is 0 Å². The maximum absolute atomic E-state index is 13.7. The smallest absolute Gasteiger partial charge is 0.233 e. The third kappa shape index (κ3) is 7.16. The molecule has 1 aliphatic rings. The number of rotatable bonds is 11. The Morgan fingerprint density at radius 1 is 0.857 bits per heavy atom. The Morgan fingerprint density at radius 2 is 1.60 bits per heavy atom. The van der Waals surface area contributed by atoms with Crippen LogP contribution >= 0.6 is 11.6 Å². The molecule has 35 heavy (non-hydrogen) atoms. The van der Waals surface area contributed by atoms with Crippen molar-refractivity contribution in [3.63, 3.8) is 0 Å². The van der Waals surface area contributed by atoms with Gasteiger partial charge in [0, 0.05) is 45.0 Å². The van der Waals surface area contributed by atoms with Crippen molar-refractivity contribution in [3.8, 4) is 0 Å². The van der Waals surface area contributed by atoms with E-state index in [-0.39, 0.29) is 12.4 Å². The Labute approximate surface area is 210 Å². The van der Waals surface area contributed by atoms with Gasteiger partial charge in [-0.05, 0) is 43.2 Å². The molecule has 2 heterocycles. The van der Waals surface area contributed by atoms with E-state index in [1.54, 1.807) is 12.1 Å². The van der Waals surface area contributed by atoms with Gasteiger partial charge in [-0.1, -0.05) is 42.6 Å². The van der Waals surface area contributed by atoms with Gasteiger partial charge in [-0.25, -0.2) is 4.39 Å². The van der Waals surface area contributed by atoms with Crippen LogP contribution in [0, 0.1) is 5.82 Å². The van der Waals surface area contributed by atoms with Gasteiger partial charge in [0.05, 0.1) is 10.7 Å². The van der Waals surface area contributed by atoms with E-state index in [2.05, 4.69) is 35.4 Å². The van der Waals surface area contributed by atoms with Crippen LogP contribution in [0.25, 0.3) is 0 Å². The molecule has 1 aliphatic heterocycles. The minimum atomic E-state index is -0.332. The zero-order chi connectivity index (χ0) is 24.5. The average molecular weight is 500 g/mol. The second-order valence-corrected chi connectivity index (χ2v) is 8.82. The van der Waals surface area contributed by atoms with Gasteiger partial charge in [-0.2, -0.15) is 15.0 Å². The second-order valence-electron chi connectivity index (χ2n) is 8.41. The van der Waals surface area contributed by atoms with E-state index in [1.807, 2.05) is 24.3 Å². The number of benzene rings is 2. The highest BCUT2D eigenvalue weighted by Crippen LogP contribution is 2.27. The molecule has 0 atom stereocenters. The largest absolute Gasteiger partial charge is 0.396 e. The number of nitrogens with zero attached hydrogens (tertiary/aromatic N) is 5. The summed E-state index contributed by atoms with van der Waals surface area (Å²) in [5.41, 5.74) is 1.60. The topological polar surface area (TPSA) is 89.4 Å². The van der Waals surface area contributed by atoms with Gasteiger partial charge in [0.15, 0.2) is 0 Å². The number of hydrogen-bond acceptors (Lipinski definition) is 8. The van der Waals surface area contributed by atoms with Crippen LogP contribution in [-0.4, -0.2) is 59.4 Å². The SMILES string of the molecule is OCCCCCCNc1nc(Nc2cccc(F)c2)nc(N2CCN(c3ccccc3Cl)CC2)n1. The lowest BCUT2D eigenvalue weighted by Gasteiger charge is -2.36. The van der Waals surface area contributed by atoms with Gasteiger partial charge in [0.25, 0.3) is 0 Å². The van der Waals surface area contributed by atoms with Crippen LogP contribution in [0.2, 0.25) is 5.02 Å². The Balaban J connectivity index is 1.46. The van der Waals surface area contributed by atoms with E-state index in [9.17, 15) is 4.39 Å². The third-order valence-electron chi connectivity index (χ3n) is 5.83. The first-order valence-electron chi connectivity index (χ1n) is 12.0. The van der Waals surface area contributed by atoms with Crippen molar-refractivity contribution in [3.05, 3.63) is 59.4 Å². The summed E-state index contributed by atoms with van der Waals surface area (Å²) in [4.78, 5) is 18.2. The molecule has 1 aromatic heterocycles. The number of piperazine rings is 1. The fourth-order valence-electron chi connectivity index (χ4n) is 3.98. The van der Waals surface area contributed by atoms with Crippen LogP contribution in [0.1, 0.15) is 25.7 Å². The molecule has 0 bridgehead atoms. The normalized spacial score (nSPS) is 13.7. The van der Waals surface area contributed by atoms with Crippen LogP contribution in [-0.2, 0) is 0 Å². The Bertz CT molecular complexity index is 1090. The van der Waals surface area contributed by atoms with Crippen molar-refractivity contribution >= 4 is 40.8 Å². The monoisotopic (exact) mass is 499 g/mol. The number of aliphatic hydroxyl groups excluding tert-OH is 1. The molecule has 0 spiro atoms. The lowest BCUT2D eigenvalue weighted by atomic mass is 10.2. The van der Waals surface area contributed by atoms with E-state index in [1.165, 1.54) is 12.1 Å². The van der Waals surface area contributed by atoms with Crippen molar-refractivity contribution in [1.29, 1.82) is 0 Å². The molecule has 8 nitrogen and oxygen atoms in total. The molecular formula is C25H31ClFN7O. The lowest BCUT2D eigenvalue weighted by molar-refractivity contribution is 0.283. The molecule has 0 aliphatic carbocycles. The number of aromatic nitrogens is 3. The predicted molar refractivity (Wildman–Crippen MR) is 139 cm³/mol. The number of hydrogen-bond donors (Lipinski definition) is 3. The average Bonchev–Trinajstić information content (AvgIpc) is 2.86. The fourth-order valence-corrected chi connectivity index (χ4v) is 4.24. The number of nitrogens with one attached hydrogen (secondary N) is 2. The first kappa shape index (κ1) is 24.9. The van der Waals surface area contributed by atoms with Crippen LogP contribution in [0.5, 0.6) is 0 Å². The molecule has 0 unspecified atom stereocenters. The van der Waals surface area contributed by atoms with E-state index in [0.717, 1.165) is 62.6 Å². The van der Waals surface area contributed by atoms with Crippen molar-refractivity contribution in [1.82, 2.24) is 15.0 Å². The zero-order valence-corrected chi connectivity index (χ0v) is 20.4. The van der Waals surface area contributed by atoms with Crippen molar-refractivity contribution in [2.24, 2.45) is 0 Å². The molecule has 4 rings (SSSR count). The van der Waals surface area contributed by atoms with Gasteiger partial charge in [-0.3, -0.25) is 0 Å². The molecule has 1 fully saturated rings. The van der Waals surface area contributed by atoms with E-state index >= 15 is 0 Å². The lowest BCUT2D eigenvalue weighted by Crippen LogP contribution is -2.47. The molecule has 0 radical (unpaired) electrons. The first-order chi connectivity index (χ1) is 17.1. The standard InChI is InChI=1S/C25H31ClFN7O/c26-21-10-3-4-11-22(21)33-13-15-34(16-14-33)25-31-23(28-12-5-1-2-6-17-35)30-24(32-25)29-20-9-7-8-19(27)18-20/h3-4,7-11,18,35H,1-2,5-6,12-17H2,(H2,28,29,30,31,32). The number of halogens is 2. The minimum Gasteiger partial charge on any atom is -0.396 e. The number of unbranched alkanes of at least 4 members (excludes halogenated alkanes) is 3. The minimum absolute atomic E-state index is 0.225. The van der Waals surface area contributed by atoms with Gasteiger partial charge in [0.1, 0.15) is 5.82 Å².